The Labute approximate surface area is 148 Å². The lowest BCUT2D eigenvalue weighted by Crippen LogP contribution is -2.29. The number of halogens is 1. The van der Waals surface area contributed by atoms with Crippen LogP contribution in [0, 0.1) is 13.8 Å². The number of hydrogen-bond donors (Lipinski definition) is 1. The van der Waals surface area contributed by atoms with Crippen LogP contribution in [0.1, 0.15) is 23.6 Å². The predicted octanol–water partition coefficient (Wildman–Crippen LogP) is 2.05. The van der Waals surface area contributed by atoms with E-state index in [-0.39, 0.29) is 12.5 Å². The molecule has 8 heteroatoms. The Balaban J connectivity index is 1.48. The van der Waals surface area contributed by atoms with Gasteiger partial charge in [0.2, 0.25) is 5.91 Å². The maximum atomic E-state index is 12.0. The van der Waals surface area contributed by atoms with Crippen molar-refractivity contribution in [3.05, 3.63) is 46.1 Å². The fraction of sp³-hybridized carbons (Fsp3) is 0.375. The molecule has 24 heavy (non-hydrogen) atoms. The second kappa shape index (κ2) is 7.12. The van der Waals surface area contributed by atoms with Crippen LogP contribution in [0.4, 0.5) is 0 Å². The van der Waals surface area contributed by atoms with Crippen molar-refractivity contribution < 1.29 is 4.79 Å². The van der Waals surface area contributed by atoms with Crippen molar-refractivity contribution in [3.63, 3.8) is 0 Å². The Morgan fingerprint density at radius 3 is 2.88 bits per heavy atom. The van der Waals surface area contributed by atoms with Gasteiger partial charge >= 0.3 is 0 Å². The molecule has 3 heterocycles. The second-order valence-corrected chi connectivity index (χ2v) is 6.43. The number of rotatable bonds is 6. The first-order chi connectivity index (χ1) is 11.6. The van der Waals surface area contributed by atoms with Crippen LogP contribution in [0.2, 0.25) is 0 Å². The van der Waals surface area contributed by atoms with E-state index in [1.807, 2.05) is 42.6 Å². The van der Waals surface area contributed by atoms with Crippen molar-refractivity contribution >= 4 is 27.5 Å². The van der Waals surface area contributed by atoms with Gasteiger partial charge in [0.05, 0.1) is 15.9 Å². The monoisotopic (exact) mass is 390 g/mol. The predicted molar refractivity (Wildman–Crippen MR) is 93.7 cm³/mol. The Hall–Kier alpha value is -2.22. The zero-order valence-electron chi connectivity index (χ0n) is 13.7. The molecule has 0 saturated heterocycles. The van der Waals surface area contributed by atoms with Crippen LogP contribution < -0.4 is 5.32 Å². The Bertz CT molecular complexity index is 869. The highest BCUT2D eigenvalue weighted by Gasteiger charge is 2.11. The van der Waals surface area contributed by atoms with E-state index in [0.29, 0.717) is 6.54 Å². The maximum absolute atomic E-state index is 12.0. The molecule has 0 aromatic carbocycles. The number of hydrogen-bond acceptors (Lipinski definition) is 4. The Kier molecular flexibility index (Phi) is 4.94. The van der Waals surface area contributed by atoms with Crippen molar-refractivity contribution in [2.45, 2.75) is 33.2 Å². The molecule has 0 atom stereocenters. The third kappa shape index (κ3) is 3.48. The molecule has 3 rings (SSSR count). The smallest absolute Gasteiger partial charge is 0.241 e. The number of carbonyl (C=O) groups excluding carboxylic acids is 1. The van der Waals surface area contributed by atoms with Gasteiger partial charge in [-0.05, 0) is 48.3 Å². The van der Waals surface area contributed by atoms with E-state index in [0.717, 1.165) is 40.2 Å². The van der Waals surface area contributed by atoms with Crippen LogP contribution in [0.15, 0.2) is 28.9 Å². The summed E-state index contributed by atoms with van der Waals surface area (Å²) in [5.74, 6) is 0.863. The molecule has 7 nitrogen and oxygen atoms in total. The van der Waals surface area contributed by atoms with Gasteiger partial charge in [0.1, 0.15) is 12.4 Å². The first-order valence-corrected chi connectivity index (χ1v) is 8.60. The van der Waals surface area contributed by atoms with E-state index in [1.54, 1.807) is 4.68 Å². The van der Waals surface area contributed by atoms with Gasteiger partial charge in [0.15, 0.2) is 5.65 Å². The third-order valence-corrected chi connectivity index (χ3v) is 5.02. The minimum atomic E-state index is -0.0424. The number of nitrogens with zero attached hydrogens (tertiary/aromatic N) is 5. The molecule has 3 aromatic heterocycles. The molecule has 0 fully saturated rings. The van der Waals surface area contributed by atoms with E-state index < -0.39 is 0 Å². The summed E-state index contributed by atoms with van der Waals surface area (Å²) >= 11 is 3.47. The van der Waals surface area contributed by atoms with Crippen molar-refractivity contribution in [1.82, 2.24) is 29.7 Å². The molecule has 0 aliphatic rings. The fourth-order valence-electron chi connectivity index (χ4n) is 2.56. The van der Waals surface area contributed by atoms with Crippen LogP contribution in [-0.2, 0) is 17.8 Å². The summed E-state index contributed by atoms with van der Waals surface area (Å²) in [4.78, 5) is 12.0. The van der Waals surface area contributed by atoms with E-state index in [2.05, 4.69) is 36.5 Å². The average Bonchev–Trinajstić information content (AvgIpc) is 3.09. The molecule has 0 aliphatic carbocycles. The maximum Gasteiger partial charge on any atom is 0.241 e. The van der Waals surface area contributed by atoms with Crippen molar-refractivity contribution in [2.24, 2.45) is 0 Å². The largest absolute Gasteiger partial charge is 0.354 e. The molecule has 3 aromatic rings. The first-order valence-electron chi connectivity index (χ1n) is 7.81. The van der Waals surface area contributed by atoms with Crippen molar-refractivity contribution in [2.75, 3.05) is 6.54 Å². The second-order valence-electron chi connectivity index (χ2n) is 5.64. The SMILES string of the molecule is Cc1nn(CC(=O)NCCCc2nnc3ccccn23)c(C)c1Br. The number of aromatic nitrogens is 5. The van der Waals surface area contributed by atoms with Gasteiger partial charge in [-0.3, -0.25) is 13.9 Å². The van der Waals surface area contributed by atoms with Gasteiger partial charge in [0, 0.05) is 19.2 Å². The van der Waals surface area contributed by atoms with Crippen molar-refractivity contribution in [1.29, 1.82) is 0 Å². The molecule has 0 aliphatic heterocycles. The lowest BCUT2D eigenvalue weighted by molar-refractivity contribution is -0.121. The van der Waals surface area contributed by atoms with E-state index in [9.17, 15) is 4.79 Å². The van der Waals surface area contributed by atoms with Crippen LogP contribution >= 0.6 is 15.9 Å². The van der Waals surface area contributed by atoms with E-state index in [4.69, 9.17) is 0 Å². The summed E-state index contributed by atoms with van der Waals surface area (Å²) in [5, 5.41) is 15.6. The zero-order valence-corrected chi connectivity index (χ0v) is 15.2. The minimum Gasteiger partial charge on any atom is -0.354 e. The van der Waals surface area contributed by atoms with Crippen LogP contribution in [0.25, 0.3) is 5.65 Å². The summed E-state index contributed by atoms with van der Waals surface area (Å²) in [6, 6.07) is 5.81. The topological polar surface area (TPSA) is 77.1 Å². The molecular weight excluding hydrogens is 372 g/mol. The summed E-state index contributed by atoms with van der Waals surface area (Å²) in [7, 11) is 0. The lowest BCUT2D eigenvalue weighted by Gasteiger charge is -2.06. The van der Waals surface area contributed by atoms with E-state index in [1.165, 1.54) is 0 Å². The number of carbonyl (C=O) groups is 1. The summed E-state index contributed by atoms with van der Waals surface area (Å²) < 4.78 is 4.63. The number of fused-ring (bicyclic) bond motifs is 1. The Morgan fingerprint density at radius 1 is 1.29 bits per heavy atom. The van der Waals surface area contributed by atoms with Gasteiger partial charge in [0.25, 0.3) is 0 Å². The quantitative estimate of drug-likeness (QED) is 0.653. The highest BCUT2D eigenvalue weighted by molar-refractivity contribution is 9.10. The van der Waals surface area contributed by atoms with Gasteiger partial charge < -0.3 is 5.32 Å². The molecule has 0 radical (unpaired) electrons. The number of aryl methyl sites for hydroxylation is 2. The van der Waals surface area contributed by atoms with E-state index >= 15 is 0 Å². The lowest BCUT2D eigenvalue weighted by atomic mass is 10.3. The summed E-state index contributed by atoms with van der Waals surface area (Å²) in [6.07, 6.45) is 3.52. The average molecular weight is 391 g/mol. The van der Waals surface area contributed by atoms with Crippen LogP contribution in [0.5, 0.6) is 0 Å². The van der Waals surface area contributed by atoms with Gasteiger partial charge in [-0.15, -0.1) is 10.2 Å². The summed E-state index contributed by atoms with van der Waals surface area (Å²) in [5.41, 5.74) is 2.68. The molecule has 0 bridgehead atoms. The minimum absolute atomic E-state index is 0.0424. The molecule has 126 valence electrons. The number of pyridine rings is 1. The standard InChI is InChI=1S/C16H19BrN6O/c1-11-16(17)12(2)23(21-11)10-15(24)18-8-5-7-14-20-19-13-6-3-4-9-22(13)14/h3-4,6,9H,5,7-8,10H2,1-2H3,(H,18,24). The molecule has 1 amide bonds. The normalized spacial score (nSPS) is 11.1. The first kappa shape index (κ1) is 16.6. The van der Waals surface area contributed by atoms with Crippen molar-refractivity contribution in [3.8, 4) is 0 Å². The van der Waals surface area contributed by atoms with Gasteiger partial charge in [-0.2, -0.15) is 5.10 Å². The number of nitrogens with one attached hydrogen (secondary N) is 1. The van der Waals surface area contributed by atoms with Crippen LogP contribution in [0.3, 0.4) is 0 Å². The number of amides is 1. The fourth-order valence-corrected chi connectivity index (χ4v) is 2.84. The van der Waals surface area contributed by atoms with Gasteiger partial charge in [-0.25, -0.2) is 0 Å². The summed E-state index contributed by atoms with van der Waals surface area (Å²) in [6.45, 7) is 4.68. The molecule has 0 spiro atoms. The Morgan fingerprint density at radius 2 is 2.12 bits per heavy atom. The highest BCUT2D eigenvalue weighted by atomic mass is 79.9. The molecular formula is C16H19BrN6O. The molecule has 1 N–H and O–H groups in total. The van der Waals surface area contributed by atoms with Crippen LogP contribution in [-0.4, -0.2) is 36.8 Å². The molecule has 0 unspecified atom stereocenters. The van der Waals surface area contributed by atoms with Gasteiger partial charge in [-0.1, -0.05) is 6.07 Å². The zero-order chi connectivity index (χ0) is 17.1. The third-order valence-electron chi connectivity index (χ3n) is 3.87. The highest BCUT2D eigenvalue weighted by Crippen LogP contribution is 2.19. The molecule has 0 saturated carbocycles.